The van der Waals surface area contributed by atoms with Gasteiger partial charge in [0.15, 0.2) is 5.76 Å². The summed E-state index contributed by atoms with van der Waals surface area (Å²) in [5.74, 6) is 1.24. The number of carbonyl (C=O) groups is 2. The van der Waals surface area contributed by atoms with Crippen LogP contribution in [0.25, 0.3) is 0 Å². The molecule has 13 nitrogen and oxygen atoms in total. The third-order valence-corrected chi connectivity index (χ3v) is 10.8. The van der Waals surface area contributed by atoms with Crippen LogP contribution in [0.3, 0.4) is 0 Å². The lowest BCUT2D eigenvalue weighted by atomic mass is 10.0. The molecule has 3 heterocycles. The van der Waals surface area contributed by atoms with Gasteiger partial charge in [-0.05, 0) is 48.7 Å². The van der Waals surface area contributed by atoms with Crippen LogP contribution < -0.4 is 19.9 Å². The number of nitrogens with zero attached hydrogens (tertiary/aromatic N) is 3. The van der Waals surface area contributed by atoms with Crippen LogP contribution in [0.5, 0.6) is 5.75 Å². The third-order valence-electron chi connectivity index (χ3n) is 9.09. The normalized spacial score (nSPS) is 20.3. The fraction of sp³-hybridized carbons (Fsp3) is 0.471. The molecule has 0 bridgehead atoms. The first kappa shape index (κ1) is 36.7. The van der Waals surface area contributed by atoms with Gasteiger partial charge in [-0.25, -0.2) is 0 Å². The van der Waals surface area contributed by atoms with Gasteiger partial charge in [-0.15, -0.1) is 11.8 Å². The van der Waals surface area contributed by atoms with Crippen LogP contribution in [-0.4, -0.2) is 117 Å². The lowest BCUT2D eigenvalue weighted by Gasteiger charge is -2.39. The summed E-state index contributed by atoms with van der Waals surface area (Å²) in [7, 11) is 0. The Morgan fingerprint density at radius 3 is 2.46 bits per heavy atom. The van der Waals surface area contributed by atoms with Gasteiger partial charge in [0.05, 0.1) is 35.2 Å². The summed E-state index contributed by atoms with van der Waals surface area (Å²) < 4.78 is 11.4. The fourth-order valence-corrected chi connectivity index (χ4v) is 7.78. The lowest BCUT2D eigenvalue weighted by molar-refractivity contribution is -0.122. The van der Waals surface area contributed by atoms with Crippen molar-refractivity contribution in [3.05, 3.63) is 75.7 Å². The first-order valence-corrected chi connectivity index (χ1v) is 18.3. The maximum Gasteiger partial charge on any atom is 0.287 e. The molecule has 1 aromatic heterocycles. The molecule has 3 aromatic rings. The predicted octanol–water partition coefficient (Wildman–Crippen LogP) is 2.22. The zero-order chi connectivity index (χ0) is 35.5. The highest BCUT2D eigenvalue weighted by atomic mass is 35.5. The van der Waals surface area contributed by atoms with Gasteiger partial charge in [0.2, 0.25) is 5.91 Å². The fourth-order valence-electron chi connectivity index (χ4n) is 6.13. The van der Waals surface area contributed by atoms with Crippen molar-refractivity contribution in [3.63, 3.8) is 0 Å². The molecule has 2 aliphatic heterocycles. The molecule has 50 heavy (non-hydrogen) atoms. The van der Waals surface area contributed by atoms with Crippen LogP contribution in [0.15, 0.2) is 52.9 Å². The number of hydrogen-bond donors (Lipinski definition) is 6. The molecular weight excluding hydrogens is 711 g/mol. The van der Waals surface area contributed by atoms with Crippen molar-refractivity contribution in [3.8, 4) is 5.75 Å². The number of amides is 2. The van der Waals surface area contributed by atoms with Gasteiger partial charge in [-0.2, -0.15) is 0 Å². The van der Waals surface area contributed by atoms with Crippen molar-refractivity contribution in [2.45, 2.75) is 62.5 Å². The van der Waals surface area contributed by atoms with Gasteiger partial charge < -0.3 is 49.8 Å². The maximum atomic E-state index is 14.0. The number of nitrogens with one attached hydrogen (secondary N) is 1. The van der Waals surface area contributed by atoms with Crippen molar-refractivity contribution in [2.24, 2.45) is 0 Å². The van der Waals surface area contributed by atoms with Crippen LogP contribution in [0.2, 0.25) is 10.0 Å². The van der Waals surface area contributed by atoms with Gasteiger partial charge in [0.1, 0.15) is 36.4 Å². The standard InChI is InChI=1S/C34H40Cl2N4O9S/c35-22-12-30(48-16-21-7-8-29(49-21)33(46)37-13-27(42)31(44)32(45)28(43)15-41)23(36)11-19(22)14-38-18-50-17-26(38)34(47)40-10-9-39(20-5-6-20)24-3-1-2-4-25(24)40/h1-4,7-8,11-12,20,26-28,31-32,41-45H,5-6,9-10,13-18H2,(H,37,46)/t26-,27-,28+,31+,32+/m0/s1. The number of carbonyl (C=O) groups excluding carboxylic acids is 2. The van der Waals surface area contributed by atoms with Crippen molar-refractivity contribution >= 4 is 58.2 Å². The molecule has 3 aliphatic rings. The number of furan rings is 1. The molecule has 6 rings (SSSR count). The average molecular weight is 752 g/mol. The van der Waals surface area contributed by atoms with Crippen molar-refractivity contribution in [1.29, 1.82) is 0 Å². The Labute approximate surface area is 303 Å². The number of halogens is 2. The van der Waals surface area contributed by atoms with E-state index in [1.165, 1.54) is 25.0 Å². The number of anilines is 2. The van der Waals surface area contributed by atoms with E-state index in [4.69, 9.17) is 37.5 Å². The van der Waals surface area contributed by atoms with E-state index >= 15 is 0 Å². The minimum atomic E-state index is -1.81. The van der Waals surface area contributed by atoms with Gasteiger partial charge in [0, 0.05) is 54.9 Å². The number of thioether (sulfide) groups is 1. The molecule has 2 fully saturated rings. The molecule has 2 aromatic carbocycles. The van der Waals surface area contributed by atoms with Crippen LogP contribution in [0.1, 0.15) is 34.7 Å². The molecule has 6 N–H and O–H groups in total. The third kappa shape index (κ3) is 8.19. The topological polar surface area (TPSA) is 179 Å². The quantitative estimate of drug-likeness (QED) is 0.142. The molecule has 16 heteroatoms. The SMILES string of the molecule is O=C(NC[C@H](O)[C@@H](O)[C@H](O)[C@H](O)CO)c1ccc(COc2cc(Cl)c(CN3CSC[C@H]3C(=O)N3CCN(C4CC4)c4ccccc43)cc2Cl)o1. The molecule has 1 aliphatic carbocycles. The number of aliphatic hydroxyl groups is 5. The van der Waals surface area contributed by atoms with Crippen LogP contribution >= 0.6 is 35.0 Å². The Hall–Kier alpha value is -3.05. The second kappa shape index (κ2) is 16.1. The largest absolute Gasteiger partial charge is 0.484 e. The van der Waals surface area contributed by atoms with Gasteiger partial charge in [-0.3, -0.25) is 14.5 Å². The summed E-state index contributed by atoms with van der Waals surface area (Å²) in [4.78, 5) is 32.9. The summed E-state index contributed by atoms with van der Waals surface area (Å²) >= 11 is 15.0. The minimum absolute atomic E-state index is 0.0793. The zero-order valence-electron chi connectivity index (χ0n) is 27.0. The second-order valence-corrected chi connectivity index (χ2v) is 14.4. The summed E-state index contributed by atoms with van der Waals surface area (Å²) in [6, 6.07) is 14.7. The van der Waals surface area contributed by atoms with Crippen LogP contribution in [0.4, 0.5) is 11.4 Å². The highest BCUT2D eigenvalue weighted by Gasteiger charge is 2.40. The van der Waals surface area contributed by atoms with Gasteiger partial charge in [-0.1, -0.05) is 35.3 Å². The molecule has 5 atom stereocenters. The molecule has 2 amide bonds. The van der Waals surface area contributed by atoms with Crippen molar-refractivity contribution in [1.82, 2.24) is 10.2 Å². The smallest absolute Gasteiger partial charge is 0.287 e. The number of hydrogen-bond acceptors (Lipinski definition) is 12. The summed E-state index contributed by atoms with van der Waals surface area (Å²) in [5, 5.41) is 51.1. The minimum Gasteiger partial charge on any atom is -0.484 e. The predicted molar refractivity (Wildman–Crippen MR) is 189 cm³/mol. The van der Waals surface area contributed by atoms with Crippen molar-refractivity contribution in [2.75, 3.05) is 47.7 Å². The molecule has 0 radical (unpaired) electrons. The van der Waals surface area contributed by atoms with Crippen LogP contribution in [-0.2, 0) is 17.9 Å². The number of aliphatic hydroxyl groups excluding tert-OH is 5. The molecule has 1 saturated heterocycles. The Kier molecular flexibility index (Phi) is 11.8. The number of rotatable bonds is 14. The second-order valence-electron chi connectivity index (χ2n) is 12.6. The molecular formula is C34H40Cl2N4O9S. The summed E-state index contributed by atoms with van der Waals surface area (Å²) in [5.41, 5.74) is 2.84. The summed E-state index contributed by atoms with van der Waals surface area (Å²) in [6.07, 6.45) is -4.51. The molecule has 270 valence electrons. The number of benzene rings is 2. The monoisotopic (exact) mass is 750 g/mol. The van der Waals surface area contributed by atoms with E-state index < -0.39 is 43.5 Å². The highest BCUT2D eigenvalue weighted by Crippen LogP contribution is 2.41. The maximum absolute atomic E-state index is 14.0. The van der Waals surface area contributed by atoms with Crippen molar-refractivity contribution < 1.29 is 44.3 Å². The Morgan fingerprint density at radius 1 is 0.980 bits per heavy atom. The first-order valence-electron chi connectivity index (χ1n) is 16.3. The van der Waals surface area contributed by atoms with E-state index in [1.54, 1.807) is 23.9 Å². The van der Waals surface area contributed by atoms with Gasteiger partial charge >= 0.3 is 0 Å². The Balaban J connectivity index is 1.03. The van der Waals surface area contributed by atoms with Gasteiger partial charge in [0.25, 0.3) is 5.91 Å². The number of para-hydroxylation sites is 2. The molecule has 1 saturated carbocycles. The Bertz CT molecular complexity index is 1680. The van der Waals surface area contributed by atoms with E-state index in [2.05, 4.69) is 21.2 Å². The van der Waals surface area contributed by atoms with E-state index in [1.807, 2.05) is 23.1 Å². The average Bonchev–Trinajstić information content (AvgIpc) is 3.67. The Morgan fingerprint density at radius 2 is 1.72 bits per heavy atom. The number of fused-ring (bicyclic) bond motifs is 1. The first-order chi connectivity index (χ1) is 24.0. The number of ether oxygens (including phenoxy) is 1. The van der Waals surface area contributed by atoms with E-state index in [9.17, 15) is 30.0 Å². The zero-order valence-corrected chi connectivity index (χ0v) is 29.4. The molecule has 0 spiro atoms. The molecule has 0 unspecified atom stereocenters. The van der Waals surface area contributed by atoms with Crippen LogP contribution in [0, 0.1) is 0 Å². The van der Waals surface area contributed by atoms with E-state index in [0.717, 1.165) is 23.5 Å². The van der Waals surface area contributed by atoms with E-state index in [-0.39, 0.29) is 24.3 Å². The summed E-state index contributed by atoms with van der Waals surface area (Å²) in [6.45, 7) is 0.545. The lowest BCUT2D eigenvalue weighted by Crippen LogP contribution is -2.52. The highest BCUT2D eigenvalue weighted by molar-refractivity contribution is 7.99. The van der Waals surface area contributed by atoms with E-state index in [0.29, 0.717) is 52.3 Å².